The van der Waals surface area contributed by atoms with Gasteiger partial charge in [0.25, 0.3) is 0 Å². The molecule has 1 aromatic rings. The number of nitrogens with two attached hydrogens (primary N) is 1. The van der Waals surface area contributed by atoms with Crippen molar-refractivity contribution in [3.05, 3.63) is 35.6 Å². The molecule has 1 rings (SSSR count). The van der Waals surface area contributed by atoms with Gasteiger partial charge in [-0.1, -0.05) is 12.1 Å². The number of ether oxygens (including phenoxy) is 1. The Balaban J connectivity index is 0.00000196. The Labute approximate surface area is 93.8 Å². The van der Waals surface area contributed by atoms with E-state index in [4.69, 9.17) is 5.73 Å². The molecule has 0 aliphatic rings. The molecule has 5 heteroatoms. The predicted octanol–water partition coefficient (Wildman–Crippen LogP) is 1.81. The van der Waals surface area contributed by atoms with Crippen molar-refractivity contribution >= 4 is 18.4 Å². The average Bonchev–Trinajstić information content (AvgIpc) is 2.17. The van der Waals surface area contributed by atoms with E-state index in [-0.39, 0.29) is 24.6 Å². The molecule has 0 aliphatic carbocycles. The molecule has 15 heavy (non-hydrogen) atoms. The van der Waals surface area contributed by atoms with Crippen LogP contribution in [0.3, 0.4) is 0 Å². The molecule has 0 amide bonds. The quantitative estimate of drug-likeness (QED) is 0.811. The van der Waals surface area contributed by atoms with Crippen molar-refractivity contribution < 1.29 is 13.9 Å². The summed E-state index contributed by atoms with van der Waals surface area (Å²) in [7, 11) is 1.29. The summed E-state index contributed by atoms with van der Waals surface area (Å²) in [6.45, 7) is 0. The van der Waals surface area contributed by atoms with Crippen molar-refractivity contribution in [2.24, 2.45) is 5.73 Å². The molecule has 0 radical (unpaired) electrons. The Morgan fingerprint density at radius 3 is 2.80 bits per heavy atom. The van der Waals surface area contributed by atoms with Gasteiger partial charge in [0.15, 0.2) is 0 Å². The Hall–Kier alpha value is -1.13. The molecule has 0 aromatic heterocycles. The van der Waals surface area contributed by atoms with Crippen molar-refractivity contribution in [2.75, 3.05) is 7.11 Å². The molecule has 0 saturated heterocycles. The van der Waals surface area contributed by atoms with Gasteiger partial charge in [0.1, 0.15) is 5.82 Å². The summed E-state index contributed by atoms with van der Waals surface area (Å²) in [5.41, 5.74) is 6.27. The minimum atomic E-state index is -0.516. The van der Waals surface area contributed by atoms with E-state index in [1.54, 1.807) is 12.1 Å². The van der Waals surface area contributed by atoms with Crippen molar-refractivity contribution in [3.63, 3.8) is 0 Å². The normalized spacial score (nSPS) is 11.4. The van der Waals surface area contributed by atoms with Crippen LogP contribution in [0.4, 0.5) is 4.39 Å². The molecular weight excluding hydrogens is 221 g/mol. The summed E-state index contributed by atoms with van der Waals surface area (Å²) in [4.78, 5) is 10.9. The molecule has 84 valence electrons. The zero-order valence-corrected chi connectivity index (χ0v) is 9.09. The lowest BCUT2D eigenvalue weighted by atomic mass is 10.1. The summed E-state index contributed by atoms with van der Waals surface area (Å²) in [5, 5.41) is 0. The van der Waals surface area contributed by atoms with Crippen molar-refractivity contribution in [3.8, 4) is 0 Å². The van der Waals surface area contributed by atoms with E-state index < -0.39 is 12.0 Å². The number of benzene rings is 1. The van der Waals surface area contributed by atoms with Gasteiger partial charge in [-0.15, -0.1) is 12.4 Å². The Morgan fingerprint density at radius 1 is 1.60 bits per heavy atom. The third-order valence-electron chi connectivity index (χ3n) is 1.89. The van der Waals surface area contributed by atoms with E-state index in [0.717, 1.165) is 0 Å². The highest BCUT2D eigenvalue weighted by Gasteiger charge is 2.11. The summed E-state index contributed by atoms with van der Waals surface area (Å²) in [6.07, 6.45) is 0.0555. The summed E-state index contributed by atoms with van der Waals surface area (Å²) in [6, 6.07) is 5.36. The van der Waals surface area contributed by atoms with Gasteiger partial charge >= 0.3 is 5.97 Å². The van der Waals surface area contributed by atoms with Gasteiger partial charge in [-0.3, -0.25) is 4.79 Å². The third kappa shape index (κ3) is 4.27. The minimum absolute atomic E-state index is 0. The fraction of sp³-hybridized carbons (Fsp3) is 0.300. The first kappa shape index (κ1) is 13.9. The fourth-order valence-electron chi connectivity index (χ4n) is 1.12. The van der Waals surface area contributed by atoms with Gasteiger partial charge in [0.2, 0.25) is 0 Å². The molecule has 0 spiro atoms. The molecule has 0 bridgehead atoms. The fourth-order valence-corrected chi connectivity index (χ4v) is 1.12. The number of rotatable bonds is 3. The van der Waals surface area contributed by atoms with Crippen LogP contribution >= 0.6 is 12.4 Å². The standard InChI is InChI=1S/C10H12FNO2.ClH/c1-14-10(13)6-9(12)7-3-2-4-8(11)5-7;/h2-5,9H,6,12H2,1H3;1H. The molecule has 1 atom stereocenters. The molecule has 0 heterocycles. The Kier molecular flexibility index (Phi) is 5.89. The highest BCUT2D eigenvalue weighted by molar-refractivity contribution is 5.85. The largest absolute Gasteiger partial charge is 0.469 e. The van der Waals surface area contributed by atoms with E-state index in [1.807, 2.05) is 0 Å². The number of carbonyl (C=O) groups excluding carboxylic acids is 1. The average molecular weight is 234 g/mol. The lowest BCUT2D eigenvalue weighted by molar-refractivity contribution is -0.141. The molecule has 0 aliphatic heterocycles. The predicted molar refractivity (Wildman–Crippen MR) is 57.2 cm³/mol. The molecule has 3 nitrogen and oxygen atoms in total. The van der Waals surface area contributed by atoms with Gasteiger partial charge in [-0.25, -0.2) is 4.39 Å². The van der Waals surface area contributed by atoms with E-state index >= 15 is 0 Å². The molecule has 0 saturated carbocycles. The van der Waals surface area contributed by atoms with Crippen LogP contribution in [0.2, 0.25) is 0 Å². The highest BCUT2D eigenvalue weighted by Crippen LogP contribution is 2.15. The van der Waals surface area contributed by atoms with Crippen LogP contribution in [0.15, 0.2) is 24.3 Å². The minimum Gasteiger partial charge on any atom is -0.469 e. The van der Waals surface area contributed by atoms with Crippen LogP contribution in [-0.4, -0.2) is 13.1 Å². The van der Waals surface area contributed by atoms with Crippen molar-refractivity contribution in [2.45, 2.75) is 12.5 Å². The van der Waals surface area contributed by atoms with E-state index in [2.05, 4.69) is 4.74 Å². The molecule has 1 aromatic carbocycles. The van der Waals surface area contributed by atoms with Gasteiger partial charge in [-0.2, -0.15) is 0 Å². The summed E-state index contributed by atoms with van der Waals surface area (Å²) in [5.74, 6) is -0.760. The Morgan fingerprint density at radius 2 is 2.27 bits per heavy atom. The Bertz CT molecular complexity index is 333. The second-order valence-corrected chi connectivity index (χ2v) is 2.94. The first-order chi connectivity index (χ1) is 6.63. The van der Waals surface area contributed by atoms with Gasteiger partial charge < -0.3 is 10.5 Å². The first-order valence-electron chi connectivity index (χ1n) is 4.21. The van der Waals surface area contributed by atoms with Crippen molar-refractivity contribution in [1.29, 1.82) is 0 Å². The monoisotopic (exact) mass is 233 g/mol. The van der Waals surface area contributed by atoms with Crippen LogP contribution in [0.25, 0.3) is 0 Å². The SMILES string of the molecule is COC(=O)CC(N)c1cccc(F)c1.Cl. The molecule has 0 fully saturated rings. The maximum atomic E-state index is 12.8. The number of carbonyl (C=O) groups is 1. The molecule has 2 N–H and O–H groups in total. The number of hydrogen-bond acceptors (Lipinski definition) is 3. The topological polar surface area (TPSA) is 52.3 Å². The number of esters is 1. The zero-order chi connectivity index (χ0) is 10.6. The smallest absolute Gasteiger partial charge is 0.307 e. The lowest BCUT2D eigenvalue weighted by Crippen LogP contribution is -2.16. The van der Waals surface area contributed by atoms with E-state index in [1.165, 1.54) is 19.2 Å². The number of methoxy groups -OCH3 is 1. The van der Waals surface area contributed by atoms with Gasteiger partial charge in [0.05, 0.1) is 13.5 Å². The summed E-state index contributed by atoms with van der Waals surface area (Å²) >= 11 is 0. The second kappa shape index (κ2) is 6.37. The van der Waals surface area contributed by atoms with E-state index in [9.17, 15) is 9.18 Å². The van der Waals surface area contributed by atoms with Crippen LogP contribution < -0.4 is 5.73 Å². The highest BCUT2D eigenvalue weighted by atomic mass is 35.5. The second-order valence-electron chi connectivity index (χ2n) is 2.94. The number of halogens is 2. The maximum absolute atomic E-state index is 12.8. The molecule has 1 unspecified atom stereocenters. The zero-order valence-electron chi connectivity index (χ0n) is 8.27. The van der Waals surface area contributed by atoms with Gasteiger partial charge in [0, 0.05) is 6.04 Å². The maximum Gasteiger partial charge on any atom is 0.307 e. The summed E-state index contributed by atoms with van der Waals surface area (Å²) < 4.78 is 17.2. The van der Waals surface area contributed by atoms with Crippen LogP contribution in [0, 0.1) is 5.82 Å². The molecular formula is C10H13ClFNO2. The van der Waals surface area contributed by atoms with Crippen LogP contribution in [0.5, 0.6) is 0 Å². The van der Waals surface area contributed by atoms with Gasteiger partial charge in [-0.05, 0) is 17.7 Å². The van der Waals surface area contributed by atoms with Crippen LogP contribution in [0.1, 0.15) is 18.0 Å². The first-order valence-corrected chi connectivity index (χ1v) is 4.21. The lowest BCUT2D eigenvalue weighted by Gasteiger charge is -2.10. The number of hydrogen-bond donors (Lipinski definition) is 1. The van der Waals surface area contributed by atoms with E-state index in [0.29, 0.717) is 5.56 Å². The van der Waals surface area contributed by atoms with Crippen molar-refractivity contribution in [1.82, 2.24) is 0 Å². The third-order valence-corrected chi connectivity index (χ3v) is 1.89. The van der Waals surface area contributed by atoms with Crippen LogP contribution in [-0.2, 0) is 9.53 Å².